The molecular weight excluding hydrogens is 853 g/mol. The van der Waals surface area contributed by atoms with Crippen LogP contribution in [0.15, 0.2) is 73.2 Å². The molecule has 3 aromatic heterocycles. The van der Waals surface area contributed by atoms with E-state index in [9.17, 15) is 18.0 Å². The van der Waals surface area contributed by atoms with Crippen molar-refractivity contribution in [2.75, 3.05) is 71.0 Å². The van der Waals surface area contributed by atoms with Gasteiger partial charge in [-0.05, 0) is 18.2 Å². The lowest BCUT2D eigenvalue weighted by atomic mass is 10.1. The number of rotatable bonds is 18. The Bertz CT molecular complexity index is 2580. The first-order valence-electron chi connectivity index (χ1n) is 18.4. The van der Waals surface area contributed by atoms with E-state index in [2.05, 4.69) is 51.5 Å². The number of alkyl halides is 3. The average molecular weight is 893 g/mol. The van der Waals surface area contributed by atoms with Crippen molar-refractivity contribution in [1.82, 2.24) is 30.2 Å². The molecule has 0 aliphatic carbocycles. The fourth-order valence-electron chi connectivity index (χ4n) is 5.98. The molecule has 18 nitrogen and oxygen atoms in total. The standard InChI is InChI=1S/C41H40ClF3N10O8/c1-46-37(56)25-10-8-9-11-28(25)53-35-26(41(43,44)45)18-48-39(54-35)52-23-15-31(59-4)34(61-6)32(16-23)63-20-21-12-24(17-47-38(21)62-7)50-36-27(42)19-49-40(55-36)51-22-13-29(57-2)33(60-5)30(14-22)58-3/h8-19H,20H2,1-7H3,(H,46,56)(H2,48,52,53,54)(H2,49,50,51,55). The van der Waals surface area contributed by atoms with E-state index >= 15 is 0 Å². The summed E-state index contributed by atoms with van der Waals surface area (Å²) in [6, 6.07) is 14.2. The third-order valence-electron chi connectivity index (χ3n) is 8.88. The van der Waals surface area contributed by atoms with E-state index in [1.54, 1.807) is 30.3 Å². The minimum atomic E-state index is -4.83. The van der Waals surface area contributed by atoms with Gasteiger partial charge in [0, 0.05) is 48.9 Å². The number of ether oxygens (including phenoxy) is 7. The van der Waals surface area contributed by atoms with Gasteiger partial charge in [-0.3, -0.25) is 4.79 Å². The summed E-state index contributed by atoms with van der Waals surface area (Å²) in [5.74, 6) is 1.14. The Morgan fingerprint density at radius 1 is 0.651 bits per heavy atom. The number of para-hydroxylation sites is 1. The van der Waals surface area contributed by atoms with Crippen molar-refractivity contribution in [3.63, 3.8) is 0 Å². The van der Waals surface area contributed by atoms with Gasteiger partial charge in [0.2, 0.25) is 29.3 Å². The number of pyridine rings is 1. The molecule has 0 bridgehead atoms. The van der Waals surface area contributed by atoms with Crippen LogP contribution in [0.4, 0.5) is 59.5 Å². The second-order valence-electron chi connectivity index (χ2n) is 12.8. The lowest BCUT2D eigenvalue weighted by Crippen LogP contribution is -2.20. The Balaban J connectivity index is 1.25. The summed E-state index contributed by atoms with van der Waals surface area (Å²) in [6.07, 6.45) is -1.29. The molecule has 3 heterocycles. The molecule has 0 saturated heterocycles. The molecule has 5 N–H and O–H groups in total. The van der Waals surface area contributed by atoms with Crippen LogP contribution in [-0.2, 0) is 12.8 Å². The Labute approximate surface area is 363 Å². The van der Waals surface area contributed by atoms with E-state index in [0.29, 0.717) is 40.4 Å². The molecule has 22 heteroatoms. The number of hydrogen-bond acceptors (Lipinski definition) is 17. The number of benzene rings is 3. The number of methoxy groups -OCH3 is 6. The highest BCUT2D eigenvalue weighted by Crippen LogP contribution is 2.43. The third-order valence-corrected chi connectivity index (χ3v) is 9.15. The molecule has 0 saturated carbocycles. The van der Waals surface area contributed by atoms with Gasteiger partial charge in [0.15, 0.2) is 28.8 Å². The van der Waals surface area contributed by atoms with Gasteiger partial charge in [0.25, 0.3) is 5.91 Å². The van der Waals surface area contributed by atoms with Crippen molar-refractivity contribution in [2.45, 2.75) is 12.8 Å². The van der Waals surface area contributed by atoms with Crippen molar-refractivity contribution < 1.29 is 51.1 Å². The van der Waals surface area contributed by atoms with Crippen LogP contribution in [0.1, 0.15) is 21.5 Å². The minimum absolute atomic E-state index is 0.0902. The summed E-state index contributed by atoms with van der Waals surface area (Å²) in [4.78, 5) is 33.7. The van der Waals surface area contributed by atoms with E-state index in [0.717, 1.165) is 0 Å². The molecule has 6 aromatic rings. The first-order chi connectivity index (χ1) is 30.3. The number of carbonyl (C=O) groups is 1. The van der Waals surface area contributed by atoms with Crippen molar-refractivity contribution >= 4 is 63.8 Å². The Morgan fingerprint density at radius 2 is 1.22 bits per heavy atom. The zero-order valence-corrected chi connectivity index (χ0v) is 35.4. The monoisotopic (exact) mass is 892 g/mol. The summed E-state index contributed by atoms with van der Waals surface area (Å²) < 4.78 is 81.7. The van der Waals surface area contributed by atoms with Crippen LogP contribution >= 0.6 is 11.6 Å². The van der Waals surface area contributed by atoms with Crippen molar-refractivity contribution in [1.29, 1.82) is 0 Å². The summed E-state index contributed by atoms with van der Waals surface area (Å²) in [6.45, 7) is -0.129. The van der Waals surface area contributed by atoms with Gasteiger partial charge in [-0.1, -0.05) is 23.7 Å². The number of anilines is 8. The number of amides is 1. The van der Waals surface area contributed by atoms with Gasteiger partial charge >= 0.3 is 6.18 Å². The summed E-state index contributed by atoms with van der Waals surface area (Å²) in [7, 11) is 10.2. The topological polar surface area (TPSA) is 206 Å². The molecule has 330 valence electrons. The van der Waals surface area contributed by atoms with Crippen LogP contribution in [0.5, 0.6) is 40.4 Å². The summed E-state index contributed by atoms with van der Waals surface area (Å²) >= 11 is 6.50. The molecule has 0 aliphatic heterocycles. The number of carbonyl (C=O) groups excluding carboxylic acids is 1. The largest absolute Gasteiger partial charge is 0.493 e. The molecular formula is C41H40ClF3N10O8. The first kappa shape index (κ1) is 44.9. The highest BCUT2D eigenvalue weighted by molar-refractivity contribution is 6.32. The van der Waals surface area contributed by atoms with Gasteiger partial charge in [-0.2, -0.15) is 23.1 Å². The normalized spacial score (nSPS) is 10.9. The van der Waals surface area contributed by atoms with E-state index in [1.807, 2.05) is 0 Å². The SMILES string of the molecule is CNC(=O)c1ccccc1Nc1nc(Nc2cc(OC)c(OC)c(OCc3cc(Nc4nc(Nc5cc(OC)c(OC)c(OC)c5)ncc4Cl)cnc3OC)c2)ncc1C(F)(F)F. The Hall–Kier alpha value is -7.68. The van der Waals surface area contributed by atoms with Gasteiger partial charge in [-0.15, -0.1) is 0 Å². The molecule has 0 spiro atoms. The Morgan fingerprint density at radius 3 is 1.79 bits per heavy atom. The first-order valence-corrected chi connectivity index (χ1v) is 18.8. The van der Waals surface area contributed by atoms with Gasteiger partial charge < -0.3 is 59.7 Å². The number of nitrogens with zero attached hydrogens (tertiary/aromatic N) is 5. The summed E-state index contributed by atoms with van der Waals surface area (Å²) in [5.41, 5.74) is 0.761. The van der Waals surface area contributed by atoms with E-state index in [1.165, 1.54) is 86.4 Å². The van der Waals surface area contributed by atoms with E-state index in [-0.39, 0.29) is 69.4 Å². The second-order valence-corrected chi connectivity index (χ2v) is 13.2. The minimum Gasteiger partial charge on any atom is -0.493 e. The molecule has 6 rings (SSSR count). The van der Waals surface area contributed by atoms with Gasteiger partial charge in [-0.25, -0.2) is 15.0 Å². The van der Waals surface area contributed by atoms with Crippen LogP contribution < -0.4 is 59.7 Å². The number of hydrogen-bond donors (Lipinski definition) is 5. The predicted octanol–water partition coefficient (Wildman–Crippen LogP) is 8.30. The van der Waals surface area contributed by atoms with E-state index in [4.69, 9.17) is 44.8 Å². The van der Waals surface area contributed by atoms with Crippen LogP contribution in [0.2, 0.25) is 5.02 Å². The molecule has 63 heavy (non-hydrogen) atoms. The Kier molecular flexibility index (Phi) is 14.1. The maximum atomic E-state index is 14.1. The van der Waals surface area contributed by atoms with Crippen LogP contribution in [0.25, 0.3) is 0 Å². The van der Waals surface area contributed by atoms with Crippen LogP contribution in [0.3, 0.4) is 0 Å². The molecule has 0 unspecified atom stereocenters. The zero-order valence-electron chi connectivity index (χ0n) is 34.6. The average Bonchev–Trinajstić information content (AvgIpc) is 3.28. The molecule has 3 aromatic carbocycles. The lowest BCUT2D eigenvalue weighted by molar-refractivity contribution is -0.137. The van der Waals surface area contributed by atoms with Crippen molar-refractivity contribution in [3.8, 4) is 40.4 Å². The fourth-order valence-corrected chi connectivity index (χ4v) is 6.12. The maximum Gasteiger partial charge on any atom is 0.421 e. The highest BCUT2D eigenvalue weighted by Gasteiger charge is 2.36. The van der Waals surface area contributed by atoms with Gasteiger partial charge in [0.1, 0.15) is 23.0 Å². The zero-order chi connectivity index (χ0) is 45.3. The molecule has 0 atom stereocenters. The maximum absolute atomic E-state index is 14.1. The fraction of sp³-hybridized carbons (Fsp3) is 0.220. The quantitative estimate of drug-likeness (QED) is 0.0550. The highest BCUT2D eigenvalue weighted by atomic mass is 35.5. The molecule has 0 aliphatic rings. The van der Waals surface area contributed by atoms with E-state index < -0.39 is 23.5 Å². The van der Waals surface area contributed by atoms with Crippen LogP contribution in [-0.4, -0.2) is 80.5 Å². The molecule has 1 amide bonds. The van der Waals surface area contributed by atoms with Crippen molar-refractivity contribution in [3.05, 3.63) is 94.9 Å². The number of halogens is 4. The van der Waals surface area contributed by atoms with Crippen molar-refractivity contribution in [2.24, 2.45) is 0 Å². The molecule has 0 radical (unpaired) electrons. The second kappa shape index (κ2) is 19.8. The van der Waals surface area contributed by atoms with Gasteiger partial charge in [0.05, 0.1) is 77.6 Å². The number of aromatic nitrogens is 5. The predicted molar refractivity (Wildman–Crippen MR) is 228 cm³/mol. The smallest absolute Gasteiger partial charge is 0.421 e. The van der Waals surface area contributed by atoms with Crippen LogP contribution in [0, 0.1) is 0 Å². The molecule has 0 fully saturated rings. The number of nitrogens with one attached hydrogen (secondary N) is 5. The lowest BCUT2D eigenvalue weighted by Gasteiger charge is -2.18. The third kappa shape index (κ3) is 10.4. The summed E-state index contributed by atoms with van der Waals surface area (Å²) in [5, 5.41) is 14.5.